The van der Waals surface area contributed by atoms with Crippen LogP contribution in [0.2, 0.25) is 0 Å². The third-order valence-corrected chi connectivity index (χ3v) is 18.3. The molecule has 0 saturated carbocycles. The molecule has 0 saturated heterocycles. The highest BCUT2D eigenvalue weighted by Crippen LogP contribution is 2.45. The van der Waals surface area contributed by atoms with Crippen molar-refractivity contribution in [3.8, 4) is 0 Å². The van der Waals surface area contributed by atoms with Gasteiger partial charge in [-0.1, -0.05) is 292 Å². The van der Waals surface area contributed by atoms with E-state index < -0.39 is 97.5 Å². The van der Waals surface area contributed by atoms with Crippen LogP contribution in [0.1, 0.15) is 343 Å². The lowest BCUT2D eigenvalue weighted by atomic mass is 9.99. The third kappa shape index (κ3) is 60.1. The normalized spacial score (nSPS) is 14.8. The number of esters is 4. The van der Waals surface area contributed by atoms with Crippen LogP contribution in [0.3, 0.4) is 0 Å². The molecule has 0 bridgehead atoms. The summed E-state index contributed by atoms with van der Waals surface area (Å²) >= 11 is 0. The van der Waals surface area contributed by atoms with E-state index in [4.69, 9.17) is 37.0 Å². The molecule has 0 fully saturated rings. The van der Waals surface area contributed by atoms with Crippen LogP contribution in [0.15, 0.2) is 0 Å². The molecule has 0 radical (unpaired) electrons. The van der Waals surface area contributed by atoms with Gasteiger partial charge in [0, 0.05) is 25.7 Å². The fourth-order valence-corrected chi connectivity index (χ4v) is 11.8. The highest BCUT2D eigenvalue weighted by Gasteiger charge is 2.30. The predicted molar refractivity (Wildman–Crippen MR) is 349 cm³/mol. The number of carbonyl (C=O) groups is 4. The maximum Gasteiger partial charge on any atom is 0.472 e. The van der Waals surface area contributed by atoms with Crippen molar-refractivity contribution in [1.82, 2.24) is 0 Å². The molecular formula is C68H132O17P2. The molecule has 7 atom stereocenters. The molecule has 0 rings (SSSR count). The van der Waals surface area contributed by atoms with E-state index in [0.29, 0.717) is 25.7 Å². The van der Waals surface area contributed by atoms with Crippen LogP contribution in [0.4, 0.5) is 0 Å². The minimum Gasteiger partial charge on any atom is -0.462 e. The van der Waals surface area contributed by atoms with Gasteiger partial charge in [0.1, 0.15) is 19.3 Å². The van der Waals surface area contributed by atoms with Crippen molar-refractivity contribution in [1.29, 1.82) is 0 Å². The number of aliphatic hydroxyl groups excluding tert-OH is 1. The highest BCUT2D eigenvalue weighted by molar-refractivity contribution is 7.47. The zero-order valence-corrected chi connectivity index (χ0v) is 58.1. The molecule has 0 aliphatic carbocycles. The molecule has 0 heterocycles. The Morgan fingerprint density at radius 3 is 0.816 bits per heavy atom. The van der Waals surface area contributed by atoms with Crippen LogP contribution in [0.5, 0.6) is 0 Å². The van der Waals surface area contributed by atoms with E-state index in [1.165, 1.54) is 148 Å². The van der Waals surface area contributed by atoms with Crippen LogP contribution >= 0.6 is 15.6 Å². The van der Waals surface area contributed by atoms with Crippen molar-refractivity contribution in [2.75, 3.05) is 39.6 Å². The summed E-state index contributed by atoms with van der Waals surface area (Å²) in [6.07, 6.45) is 44.5. The van der Waals surface area contributed by atoms with Crippen molar-refractivity contribution < 1.29 is 80.2 Å². The van der Waals surface area contributed by atoms with Crippen molar-refractivity contribution in [3.63, 3.8) is 0 Å². The van der Waals surface area contributed by atoms with Gasteiger partial charge in [-0.3, -0.25) is 37.3 Å². The zero-order valence-electron chi connectivity index (χ0n) is 56.3. The van der Waals surface area contributed by atoms with Gasteiger partial charge in [-0.2, -0.15) is 0 Å². The first-order chi connectivity index (χ1) is 41.9. The SMILES string of the molecule is CCCCCCCCCCCCCCC(=O)OC[C@H](COP(=O)(O)OC[C@@H](O)COP(=O)(O)OC[C@@H](COC(=O)CCCCCCCCC)OC(=O)CCCCCCCCC(C)CC)OC(=O)CCCCCCCCCCCCCCCCC(C)CC. The summed E-state index contributed by atoms with van der Waals surface area (Å²) in [5.41, 5.74) is 0. The quantitative estimate of drug-likeness (QED) is 0.0222. The molecule has 516 valence electrons. The van der Waals surface area contributed by atoms with E-state index in [1.807, 2.05) is 0 Å². The second-order valence-electron chi connectivity index (χ2n) is 25.0. The molecule has 17 nitrogen and oxygen atoms in total. The number of hydrogen-bond donors (Lipinski definition) is 3. The van der Waals surface area contributed by atoms with E-state index in [0.717, 1.165) is 115 Å². The summed E-state index contributed by atoms with van der Waals surface area (Å²) in [5.74, 6) is -0.567. The van der Waals surface area contributed by atoms with Gasteiger partial charge < -0.3 is 33.8 Å². The van der Waals surface area contributed by atoms with E-state index in [1.54, 1.807) is 0 Å². The fraction of sp³-hybridized carbons (Fsp3) is 0.941. The molecule has 0 aromatic carbocycles. The van der Waals surface area contributed by atoms with Crippen molar-refractivity contribution >= 4 is 39.5 Å². The van der Waals surface area contributed by atoms with Crippen molar-refractivity contribution in [2.45, 2.75) is 362 Å². The van der Waals surface area contributed by atoms with Crippen molar-refractivity contribution in [3.05, 3.63) is 0 Å². The number of phosphoric acid groups is 2. The van der Waals surface area contributed by atoms with E-state index in [2.05, 4.69) is 41.5 Å². The lowest BCUT2D eigenvalue weighted by Gasteiger charge is -2.21. The van der Waals surface area contributed by atoms with Crippen LogP contribution in [0.25, 0.3) is 0 Å². The van der Waals surface area contributed by atoms with Crippen LogP contribution < -0.4 is 0 Å². The average molecular weight is 1280 g/mol. The molecular weight excluding hydrogens is 1150 g/mol. The Balaban J connectivity index is 5.19. The number of aliphatic hydroxyl groups is 1. The number of rotatable bonds is 67. The molecule has 0 aliphatic rings. The maximum absolute atomic E-state index is 13.0. The minimum atomic E-state index is -4.95. The van der Waals surface area contributed by atoms with E-state index >= 15 is 0 Å². The van der Waals surface area contributed by atoms with Crippen LogP contribution in [0, 0.1) is 11.8 Å². The molecule has 87 heavy (non-hydrogen) atoms. The predicted octanol–water partition coefficient (Wildman–Crippen LogP) is 19.2. The van der Waals surface area contributed by atoms with Gasteiger partial charge in [0.05, 0.1) is 26.4 Å². The summed E-state index contributed by atoms with van der Waals surface area (Å²) in [4.78, 5) is 72.3. The summed E-state index contributed by atoms with van der Waals surface area (Å²) in [6, 6.07) is 0. The molecule has 0 aromatic rings. The second kappa shape index (κ2) is 60.3. The number of phosphoric ester groups is 2. The summed E-state index contributed by atoms with van der Waals surface area (Å²) in [7, 11) is -9.89. The zero-order chi connectivity index (χ0) is 64.3. The van der Waals surface area contributed by atoms with Gasteiger partial charge in [0.2, 0.25) is 0 Å². The summed E-state index contributed by atoms with van der Waals surface area (Å²) in [5, 5.41) is 10.6. The Morgan fingerprint density at radius 2 is 0.552 bits per heavy atom. The Hall–Kier alpha value is -1.94. The van der Waals surface area contributed by atoms with Gasteiger partial charge in [0.25, 0.3) is 0 Å². The monoisotopic (exact) mass is 1280 g/mol. The van der Waals surface area contributed by atoms with Gasteiger partial charge in [-0.05, 0) is 37.5 Å². The molecule has 0 spiro atoms. The molecule has 0 aromatic heterocycles. The lowest BCUT2D eigenvalue weighted by molar-refractivity contribution is -0.161. The number of ether oxygens (including phenoxy) is 4. The smallest absolute Gasteiger partial charge is 0.462 e. The minimum absolute atomic E-state index is 0.103. The standard InChI is InChI=1S/C68H132O17P2/c1-7-11-13-15-17-18-19-25-28-32-39-45-51-66(71)79-57-63(84-67(72)52-46-40-33-29-26-23-21-20-22-24-27-31-36-42-48-60(5)9-3)58-82-86(74,75)80-54-62(69)55-81-87(76,77)83-59-64(56-78-65(70)50-44-38-30-16-14-12-8-2)85-68(73)53-47-41-35-34-37-43-49-61(6)10-4/h60-64,69H,7-59H2,1-6H3,(H,74,75)(H,76,77)/t60?,61?,62-,63-,64-/m1/s1. The number of hydrogen-bond acceptors (Lipinski definition) is 15. The van der Waals surface area contributed by atoms with E-state index in [-0.39, 0.29) is 25.7 Å². The number of carbonyl (C=O) groups excluding carboxylic acids is 4. The first-order valence-electron chi connectivity index (χ1n) is 35.6. The van der Waals surface area contributed by atoms with E-state index in [9.17, 15) is 43.2 Å². The van der Waals surface area contributed by atoms with Gasteiger partial charge >= 0.3 is 39.5 Å². The summed E-state index contributed by atoms with van der Waals surface area (Å²) < 4.78 is 68.1. The first-order valence-corrected chi connectivity index (χ1v) is 38.6. The van der Waals surface area contributed by atoms with Crippen LogP contribution in [-0.2, 0) is 65.4 Å². The fourth-order valence-electron chi connectivity index (χ4n) is 10.2. The number of unbranched alkanes of at least 4 members (excludes halogenated alkanes) is 35. The van der Waals surface area contributed by atoms with Gasteiger partial charge in [-0.15, -0.1) is 0 Å². The topological polar surface area (TPSA) is 237 Å². The van der Waals surface area contributed by atoms with Gasteiger partial charge in [0.15, 0.2) is 12.2 Å². The molecule has 4 unspecified atom stereocenters. The molecule has 19 heteroatoms. The second-order valence-corrected chi connectivity index (χ2v) is 28.0. The largest absolute Gasteiger partial charge is 0.472 e. The Morgan fingerprint density at radius 1 is 0.322 bits per heavy atom. The molecule has 0 aliphatic heterocycles. The Bertz CT molecular complexity index is 1700. The Kier molecular flexibility index (Phi) is 59.0. The summed E-state index contributed by atoms with van der Waals surface area (Å²) in [6.45, 7) is 9.49. The highest BCUT2D eigenvalue weighted by atomic mass is 31.2. The molecule has 3 N–H and O–H groups in total. The first kappa shape index (κ1) is 85.1. The average Bonchev–Trinajstić information content (AvgIpc) is 3.51. The van der Waals surface area contributed by atoms with Crippen molar-refractivity contribution in [2.24, 2.45) is 11.8 Å². The van der Waals surface area contributed by atoms with Gasteiger partial charge in [-0.25, -0.2) is 9.13 Å². The molecule has 0 amide bonds. The maximum atomic E-state index is 13.0. The Labute approximate surface area is 530 Å². The third-order valence-electron chi connectivity index (χ3n) is 16.4. The van der Waals surface area contributed by atoms with Crippen LogP contribution in [-0.4, -0.2) is 96.7 Å². The lowest BCUT2D eigenvalue weighted by Crippen LogP contribution is -2.30.